The Bertz CT molecular complexity index is 1290. The van der Waals surface area contributed by atoms with Crippen molar-refractivity contribution in [1.29, 1.82) is 0 Å². The van der Waals surface area contributed by atoms with Crippen molar-refractivity contribution in [1.82, 2.24) is 9.55 Å². The Hall–Kier alpha value is -3.45. The lowest BCUT2D eigenvalue weighted by Crippen LogP contribution is -2.23. The average molecular weight is 420 g/mol. The highest BCUT2D eigenvalue weighted by Crippen LogP contribution is 2.35. The molecule has 30 heavy (non-hydrogen) atoms. The van der Waals surface area contributed by atoms with Gasteiger partial charge in [0, 0.05) is 23.4 Å². The first-order chi connectivity index (χ1) is 14.4. The van der Waals surface area contributed by atoms with Gasteiger partial charge in [0.2, 0.25) is 5.91 Å². The number of nitrogens with zero attached hydrogens (tertiary/aromatic N) is 2. The number of aromatic hydroxyl groups is 1. The fourth-order valence-electron chi connectivity index (χ4n) is 3.43. The summed E-state index contributed by atoms with van der Waals surface area (Å²) in [7, 11) is 0. The topological polar surface area (TPSA) is 84.2 Å². The summed E-state index contributed by atoms with van der Waals surface area (Å²) < 4.78 is 1.47. The number of thiophene rings is 1. The van der Waals surface area contributed by atoms with Gasteiger partial charge in [0.05, 0.1) is 17.4 Å². The van der Waals surface area contributed by atoms with Crippen molar-refractivity contribution in [2.75, 3.05) is 5.32 Å². The molecule has 0 aliphatic carbocycles. The van der Waals surface area contributed by atoms with E-state index >= 15 is 0 Å². The van der Waals surface area contributed by atoms with Gasteiger partial charge in [-0.2, -0.15) is 0 Å². The average Bonchev–Trinajstić information content (AvgIpc) is 3.07. The zero-order chi connectivity index (χ0) is 21.3. The SMILES string of the molecule is Cc1ccc(O)c(NC(=O)CCn2cnc3sc(C)c(-c4ccccc4)c3c2=O)c1. The summed E-state index contributed by atoms with van der Waals surface area (Å²) in [4.78, 5) is 31.7. The van der Waals surface area contributed by atoms with Crippen molar-refractivity contribution in [3.63, 3.8) is 0 Å². The summed E-state index contributed by atoms with van der Waals surface area (Å²) in [6.07, 6.45) is 1.58. The summed E-state index contributed by atoms with van der Waals surface area (Å²) in [5.41, 5.74) is 3.01. The van der Waals surface area contributed by atoms with Gasteiger partial charge in [-0.15, -0.1) is 11.3 Å². The second-order valence-corrected chi connectivity index (χ2v) is 8.34. The fourth-order valence-corrected chi connectivity index (χ4v) is 4.44. The Kier molecular flexibility index (Phi) is 5.37. The number of phenolic OH excluding ortho intramolecular Hbond substituents is 1. The number of hydrogen-bond acceptors (Lipinski definition) is 5. The Labute approximate surface area is 177 Å². The molecule has 0 fully saturated rings. The molecule has 0 unspecified atom stereocenters. The minimum absolute atomic E-state index is 0.00968. The van der Waals surface area contributed by atoms with Crippen LogP contribution in [0.1, 0.15) is 16.9 Å². The van der Waals surface area contributed by atoms with E-state index in [1.807, 2.05) is 44.2 Å². The van der Waals surface area contributed by atoms with Gasteiger partial charge in [-0.05, 0) is 37.1 Å². The number of phenols is 1. The van der Waals surface area contributed by atoms with Gasteiger partial charge < -0.3 is 10.4 Å². The third-order valence-corrected chi connectivity index (χ3v) is 5.94. The molecule has 0 atom stereocenters. The molecule has 0 aliphatic heterocycles. The number of carbonyl (C=O) groups excluding carboxylic acids is 1. The second-order valence-electron chi connectivity index (χ2n) is 7.14. The van der Waals surface area contributed by atoms with Gasteiger partial charge in [-0.1, -0.05) is 36.4 Å². The number of anilines is 1. The van der Waals surface area contributed by atoms with Crippen LogP contribution in [-0.2, 0) is 11.3 Å². The molecule has 152 valence electrons. The summed E-state index contributed by atoms with van der Waals surface area (Å²) >= 11 is 1.49. The molecule has 0 spiro atoms. The van der Waals surface area contributed by atoms with Crippen molar-refractivity contribution in [3.05, 3.63) is 75.7 Å². The predicted molar refractivity (Wildman–Crippen MR) is 120 cm³/mol. The molecule has 0 aliphatic rings. The maximum Gasteiger partial charge on any atom is 0.262 e. The lowest BCUT2D eigenvalue weighted by atomic mass is 10.0. The van der Waals surface area contributed by atoms with Crippen molar-refractivity contribution in [2.45, 2.75) is 26.8 Å². The molecule has 6 nitrogen and oxygen atoms in total. The van der Waals surface area contributed by atoms with Gasteiger partial charge in [-0.3, -0.25) is 14.2 Å². The minimum Gasteiger partial charge on any atom is -0.506 e. The molecule has 0 radical (unpaired) electrons. The zero-order valence-corrected chi connectivity index (χ0v) is 17.5. The van der Waals surface area contributed by atoms with Crippen LogP contribution in [0.2, 0.25) is 0 Å². The summed E-state index contributed by atoms with van der Waals surface area (Å²) in [6.45, 7) is 4.06. The standard InChI is InChI=1S/C23H21N3O3S/c1-14-8-9-18(27)17(12-14)25-19(28)10-11-26-13-24-22-21(23(26)29)20(15(2)30-22)16-6-4-3-5-7-16/h3-9,12-13,27H,10-11H2,1-2H3,(H,25,28). The number of aromatic nitrogens is 2. The number of carbonyl (C=O) groups is 1. The van der Waals surface area contributed by atoms with E-state index in [1.54, 1.807) is 12.1 Å². The van der Waals surface area contributed by atoms with E-state index in [0.717, 1.165) is 21.6 Å². The molecule has 4 rings (SSSR count). The highest BCUT2D eigenvalue weighted by Gasteiger charge is 2.17. The second kappa shape index (κ2) is 8.12. The number of rotatable bonds is 5. The highest BCUT2D eigenvalue weighted by molar-refractivity contribution is 7.19. The Morgan fingerprint density at radius 3 is 2.70 bits per heavy atom. The molecule has 4 aromatic rings. The third-order valence-electron chi connectivity index (χ3n) is 4.92. The van der Waals surface area contributed by atoms with Crippen LogP contribution >= 0.6 is 11.3 Å². The van der Waals surface area contributed by atoms with E-state index in [0.29, 0.717) is 15.9 Å². The first-order valence-corrected chi connectivity index (χ1v) is 10.4. The molecule has 1 amide bonds. The minimum atomic E-state index is -0.285. The highest BCUT2D eigenvalue weighted by atomic mass is 32.1. The molecule has 0 bridgehead atoms. The van der Waals surface area contributed by atoms with E-state index in [-0.39, 0.29) is 30.2 Å². The predicted octanol–water partition coefficient (Wildman–Crippen LogP) is 4.48. The van der Waals surface area contributed by atoms with Crippen LogP contribution in [0.25, 0.3) is 21.3 Å². The van der Waals surface area contributed by atoms with Crippen LogP contribution in [-0.4, -0.2) is 20.6 Å². The fraction of sp³-hybridized carbons (Fsp3) is 0.174. The van der Waals surface area contributed by atoms with Crippen molar-refractivity contribution in [3.8, 4) is 16.9 Å². The third kappa shape index (κ3) is 3.84. The lowest BCUT2D eigenvalue weighted by Gasteiger charge is -2.09. The molecule has 7 heteroatoms. The molecule has 0 saturated carbocycles. The van der Waals surface area contributed by atoms with E-state index < -0.39 is 0 Å². The summed E-state index contributed by atoms with van der Waals surface area (Å²) in [5.74, 6) is -0.275. The van der Waals surface area contributed by atoms with Crippen LogP contribution < -0.4 is 10.9 Å². The van der Waals surface area contributed by atoms with Crippen molar-refractivity contribution in [2.24, 2.45) is 0 Å². The number of fused-ring (bicyclic) bond motifs is 1. The normalized spacial score (nSPS) is 11.0. The van der Waals surface area contributed by atoms with E-state index in [2.05, 4.69) is 10.3 Å². The number of aryl methyl sites for hydroxylation is 3. The van der Waals surface area contributed by atoms with Gasteiger partial charge >= 0.3 is 0 Å². The van der Waals surface area contributed by atoms with Gasteiger partial charge in [0.25, 0.3) is 5.56 Å². The van der Waals surface area contributed by atoms with Crippen LogP contribution in [0.3, 0.4) is 0 Å². The smallest absolute Gasteiger partial charge is 0.262 e. The first kappa shape index (κ1) is 19.8. The monoisotopic (exact) mass is 419 g/mol. The van der Waals surface area contributed by atoms with E-state index in [4.69, 9.17) is 0 Å². The Morgan fingerprint density at radius 1 is 1.17 bits per heavy atom. The number of benzene rings is 2. The molecular formula is C23H21N3O3S. The maximum absolute atomic E-state index is 13.2. The largest absolute Gasteiger partial charge is 0.506 e. The van der Waals surface area contributed by atoms with Gasteiger partial charge in [-0.25, -0.2) is 4.98 Å². The molecule has 2 aromatic carbocycles. The van der Waals surface area contributed by atoms with Gasteiger partial charge in [0.15, 0.2) is 0 Å². The van der Waals surface area contributed by atoms with Crippen LogP contribution in [0.4, 0.5) is 5.69 Å². The number of hydrogen-bond donors (Lipinski definition) is 2. The van der Waals surface area contributed by atoms with Crippen LogP contribution in [0.5, 0.6) is 5.75 Å². The molecular weight excluding hydrogens is 398 g/mol. The first-order valence-electron chi connectivity index (χ1n) is 9.57. The van der Waals surface area contributed by atoms with Crippen LogP contribution in [0.15, 0.2) is 59.7 Å². The quantitative estimate of drug-likeness (QED) is 0.467. The van der Waals surface area contributed by atoms with Crippen molar-refractivity contribution < 1.29 is 9.90 Å². The summed E-state index contributed by atoms with van der Waals surface area (Å²) in [5, 5.41) is 13.2. The lowest BCUT2D eigenvalue weighted by molar-refractivity contribution is -0.116. The zero-order valence-electron chi connectivity index (χ0n) is 16.7. The van der Waals surface area contributed by atoms with Crippen LogP contribution in [0, 0.1) is 13.8 Å². The molecule has 2 N–H and O–H groups in total. The molecule has 0 saturated heterocycles. The summed E-state index contributed by atoms with van der Waals surface area (Å²) in [6, 6.07) is 14.8. The Morgan fingerprint density at radius 2 is 1.93 bits per heavy atom. The molecule has 2 aromatic heterocycles. The number of amides is 1. The Balaban J connectivity index is 1.59. The number of nitrogens with one attached hydrogen (secondary N) is 1. The van der Waals surface area contributed by atoms with E-state index in [1.165, 1.54) is 28.3 Å². The van der Waals surface area contributed by atoms with Crippen molar-refractivity contribution >= 4 is 33.1 Å². The maximum atomic E-state index is 13.2. The molecule has 2 heterocycles. The van der Waals surface area contributed by atoms with E-state index in [9.17, 15) is 14.7 Å². The van der Waals surface area contributed by atoms with Gasteiger partial charge in [0.1, 0.15) is 10.6 Å².